The lowest BCUT2D eigenvalue weighted by Gasteiger charge is -2.58. The number of alkyl halides is 3. The van der Waals surface area contributed by atoms with E-state index < -0.39 is 49.4 Å². The Morgan fingerprint density at radius 1 is 0.914 bits per heavy atom. The van der Waals surface area contributed by atoms with Gasteiger partial charge in [0.05, 0.1) is 45.9 Å². The van der Waals surface area contributed by atoms with Crippen LogP contribution in [0.15, 0.2) is 102 Å². The van der Waals surface area contributed by atoms with E-state index in [1.54, 1.807) is 18.3 Å². The van der Waals surface area contributed by atoms with Gasteiger partial charge in [0.15, 0.2) is 0 Å². The lowest BCUT2D eigenvalue weighted by atomic mass is 9.59. The number of benzene rings is 3. The summed E-state index contributed by atoms with van der Waals surface area (Å²) in [6, 6.07) is 23.3. The summed E-state index contributed by atoms with van der Waals surface area (Å²) in [4.78, 5) is 46.6. The molecule has 3 aromatic heterocycles. The largest absolute Gasteiger partial charge is 0.491 e. The quantitative estimate of drug-likeness (QED) is 0.0685. The second kappa shape index (κ2) is 21.9. The Hall–Kier alpha value is -7.21. The second-order valence-corrected chi connectivity index (χ2v) is 24.2. The highest BCUT2D eigenvalue weighted by atomic mass is 32.2. The normalized spacial score (nSPS) is 21.8. The van der Waals surface area contributed by atoms with Gasteiger partial charge in [-0.15, -0.1) is 0 Å². The van der Waals surface area contributed by atoms with E-state index in [0.29, 0.717) is 94.1 Å². The fourth-order valence-electron chi connectivity index (χ4n) is 12.9. The van der Waals surface area contributed by atoms with Crippen molar-refractivity contribution in [3.63, 3.8) is 0 Å². The Morgan fingerprint density at radius 3 is 2.47 bits per heavy atom. The lowest BCUT2D eigenvalue weighted by Crippen LogP contribution is -2.60. The monoisotopic (exact) mass is 1130 g/mol. The van der Waals surface area contributed by atoms with E-state index in [2.05, 4.69) is 35.9 Å². The van der Waals surface area contributed by atoms with Crippen molar-refractivity contribution in [2.75, 3.05) is 85.7 Å². The van der Waals surface area contributed by atoms with E-state index >= 15 is 0 Å². The lowest BCUT2D eigenvalue weighted by molar-refractivity contribution is -0.384. The molecule has 23 heteroatoms. The number of piperidine rings is 1. The molecular weight excluding hydrogens is 1070 g/mol. The summed E-state index contributed by atoms with van der Waals surface area (Å²) in [5, 5.41) is 16.3. The number of amides is 1. The van der Waals surface area contributed by atoms with Gasteiger partial charge in [-0.3, -0.25) is 24.8 Å². The van der Waals surface area contributed by atoms with Crippen molar-refractivity contribution < 1.29 is 50.3 Å². The van der Waals surface area contributed by atoms with Crippen molar-refractivity contribution in [1.29, 1.82) is 0 Å². The van der Waals surface area contributed by atoms with Crippen LogP contribution >= 0.6 is 0 Å². The Balaban J connectivity index is 0.812. The molecule has 3 atom stereocenters. The minimum Gasteiger partial charge on any atom is -0.491 e. The molecule has 0 bridgehead atoms. The van der Waals surface area contributed by atoms with Crippen LogP contribution in [0.4, 0.5) is 47.3 Å². The minimum atomic E-state index is -4.66. The number of piperazine rings is 1. The van der Waals surface area contributed by atoms with Crippen molar-refractivity contribution in [3.8, 4) is 11.6 Å². The molecule has 0 radical (unpaired) electrons. The number of sulfonamides is 1. The number of hydrogen-bond acceptors (Lipinski definition) is 16. The van der Waals surface area contributed by atoms with Crippen LogP contribution in [-0.2, 0) is 25.7 Å². The zero-order valence-electron chi connectivity index (χ0n) is 45.1. The van der Waals surface area contributed by atoms with Gasteiger partial charge in [0.2, 0.25) is 5.88 Å². The van der Waals surface area contributed by atoms with E-state index in [-0.39, 0.29) is 53.4 Å². The van der Waals surface area contributed by atoms with Gasteiger partial charge in [0.25, 0.3) is 21.6 Å². The molecule has 1 saturated carbocycles. The summed E-state index contributed by atoms with van der Waals surface area (Å²) in [5.74, 6) is 0.402. The molecule has 6 aromatic rings. The Bertz CT molecular complexity index is 3440. The molecule has 5 fully saturated rings. The number of ether oxygens (including phenoxy) is 4. The number of nitro groups is 1. The number of rotatable bonds is 14. The molecule has 12 rings (SSSR count). The number of carbonyl (C=O) groups is 1. The summed E-state index contributed by atoms with van der Waals surface area (Å²) < 4.78 is 96.5. The number of anilines is 5. The SMILES string of the molecule is CC(C)Oc1ccccc1[C@H]1CN(c2ccnc(C(F)(F)F)c2)CCN1C1CC2(CCN(c3ccc(C(=O)NS(=O)(=O)c4ccc(NCC5CCOCC5)c([N+](=O)[O-])c4)c(N4c5cc6cc[nH]c6nc5O[C@H]5COCC[C@@H]54)c3)CC2)C1. The van der Waals surface area contributed by atoms with Gasteiger partial charge in [0, 0.05) is 106 Å². The predicted octanol–water partition coefficient (Wildman–Crippen LogP) is 9.63. The van der Waals surface area contributed by atoms with Crippen LogP contribution in [0, 0.1) is 21.4 Å². The van der Waals surface area contributed by atoms with Crippen LogP contribution in [0.3, 0.4) is 0 Å². The molecule has 3 aromatic carbocycles. The Morgan fingerprint density at radius 2 is 1.69 bits per heavy atom. The summed E-state index contributed by atoms with van der Waals surface area (Å²) in [5.41, 5.74) is 2.90. The van der Waals surface area contributed by atoms with Gasteiger partial charge in [-0.2, -0.15) is 18.2 Å². The van der Waals surface area contributed by atoms with E-state index in [0.717, 1.165) is 73.0 Å². The number of nitro benzene ring substituents is 1. The minimum absolute atomic E-state index is 0.0563. The molecule has 1 spiro atoms. The van der Waals surface area contributed by atoms with Crippen LogP contribution in [-0.4, -0.2) is 129 Å². The van der Waals surface area contributed by atoms with Crippen molar-refractivity contribution in [2.45, 2.75) is 100 Å². The molecule has 5 aliphatic heterocycles. The first-order valence-electron chi connectivity index (χ1n) is 27.9. The third-order valence-corrected chi connectivity index (χ3v) is 18.5. The van der Waals surface area contributed by atoms with Gasteiger partial charge < -0.3 is 43.9 Å². The number of halogens is 3. The smallest absolute Gasteiger partial charge is 0.433 e. The molecule has 428 valence electrons. The summed E-state index contributed by atoms with van der Waals surface area (Å²) >= 11 is 0. The van der Waals surface area contributed by atoms with Crippen molar-refractivity contribution in [1.82, 2.24) is 24.6 Å². The summed E-state index contributed by atoms with van der Waals surface area (Å²) in [6.07, 6.45) is 3.69. The van der Waals surface area contributed by atoms with E-state index in [9.17, 15) is 36.5 Å². The number of para-hydroxylation sites is 1. The number of carbonyl (C=O) groups excluding carboxylic acids is 1. The standard InChI is InChI=1S/C58H65F3N10O9S/c1-36(2)79-51-6-4-3-5-43(51)50-34-68(40-12-19-62-53(29-40)58(59,60)61)22-23-69(50)41-31-57(32-41)16-20-67(21-17-57)39-7-9-44(47(28-39)70-46-15-26-78-35-52(46)80-56-49(70)27-38-11-18-63-54(38)65-56)55(72)66-81(75,76)42-8-10-45(48(30-42)71(73)74)64-33-37-13-24-77-25-14-37/h3-12,18-19,27-30,36-37,41,46,50,52,64H,13-17,20-26,31-35H2,1-2H3,(H,63,65)(H,66,72)/t46-,50+,52-/m0/s1. The van der Waals surface area contributed by atoms with Crippen LogP contribution in [0.2, 0.25) is 0 Å². The van der Waals surface area contributed by atoms with Crippen molar-refractivity contribution >= 4 is 61.1 Å². The van der Waals surface area contributed by atoms with E-state index in [1.807, 2.05) is 66.1 Å². The maximum Gasteiger partial charge on any atom is 0.433 e. The maximum atomic E-state index is 14.8. The zero-order valence-corrected chi connectivity index (χ0v) is 45.9. The number of nitrogens with one attached hydrogen (secondary N) is 3. The molecule has 1 amide bonds. The number of fused-ring (bicyclic) bond motifs is 3. The highest BCUT2D eigenvalue weighted by Crippen LogP contribution is 2.54. The van der Waals surface area contributed by atoms with Crippen molar-refractivity contribution in [3.05, 3.63) is 124 Å². The first-order valence-corrected chi connectivity index (χ1v) is 29.3. The highest BCUT2D eigenvalue weighted by Gasteiger charge is 2.51. The topological polar surface area (TPSA) is 210 Å². The molecule has 8 heterocycles. The fourth-order valence-corrected chi connectivity index (χ4v) is 13.9. The maximum absolute atomic E-state index is 14.8. The number of aromatic amines is 1. The number of H-pyrrole nitrogens is 1. The third kappa shape index (κ3) is 11.0. The molecule has 19 nitrogen and oxygen atoms in total. The number of aromatic nitrogens is 3. The van der Waals surface area contributed by atoms with Gasteiger partial charge in [-0.05, 0) is 131 Å². The van der Waals surface area contributed by atoms with Crippen LogP contribution < -0.4 is 34.2 Å². The second-order valence-electron chi connectivity index (χ2n) is 22.5. The van der Waals surface area contributed by atoms with Crippen molar-refractivity contribution in [2.24, 2.45) is 11.3 Å². The number of nitrogens with zero attached hydrogens (tertiary/aromatic N) is 7. The fraction of sp³-hybridized carbons (Fsp3) is 0.466. The summed E-state index contributed by atoms with van der Waals surface area (Å²) in [6.45, 7) is 9.38. The van der Waals surface area contributed by atoms with Crippen LogP contribution in [0.5, 0.6) is 11.6 Å². The van der Waals surface area contributed by atoms with E-state index in [1.165, 1.54) is 18.3 Å². The molecule has 81 heavy (non-hydrogen) atoms. The molecule has 1 aliphatic carbocycles. The first-order chi connectivity index (χ1) is 39.0. The van der Waals surface area contributed by atoms with Gasteiger partial charge in [0.1, 0.15) is 34.6 Å². The first kappa shape index (κ1) is 54.4. The molecule has 6 aliphatic rings. The third-order valence-electron chi connectivity index (χ3n) is 17.2. The number of hydrogen-bond donors (Lipinski definition) is 3. The molecule has 4 saturated heterocycles. The van der Waals surface area contributed by atoms with Gasteiger partial charge in [-0.25, -0.2) is 13.1 Å². The van der Waals surface area contributed by atoms with Crippen LogP contribution in [0.25, 0.3) is 11.0 Å². The predicted molar refractivity (Wildman–Crippen MR) is 298 cm³/mol. The Labute approximate surface area is 467 Å². The number of pyridine rings is 2. The molecular formula is C58H65F3N10O9S. The van der Waals surface area contributed by atoms with Gasteiger partial charge in [-0.1, -0.05) is 18.2 Å². The summed E-state index contributed by atoms with van der Waals surface area (Å²) in [7, 11) is -4.66. The Kier molecular flexibility index (Phi) is 14.7. The molecule has 3 N–H and O–H groups in total. The van der Waals surface area contributed by atoms with Gasteiger partial charge >= 0.3 is 6.18 Å². The molecule has 0 unspecified atom stereocenters. The van der Waals surface area contributed by atoms with Crippen LogP contribution in [0.1, 0.15) is 86.5 Å². The average Bonchev–Trinajstić information content (AvgIpc) is 4.12. The average molecular weight is 1140 g/mol. The van der Waals surface area contributed by atoms with E-state index in [4.69, 9.17) is 23.9 Å². The zero-order chi connectivity index (χ0) is 56.2. The highest BCUT2D eigenvalue weighted by molar-refractivity contribution is 7.90.